The van der Waals surface area contributed by atoms with Crippen LogP contribution in [0.1, 0.15) is 10.4 Å². The van der Waals surface area contributed by atoms with Gasteiger partial charge in [0.15, 0.2) is 11.5 Å². The molecule has 4 N–H and O–H groups in total. The summed E-state index contributed by atoms with van der Waals surface area (Å²) in [6.07, 6.45) is 0. The first-order chi connectivity index (χ1) is 9.16. The minimum Gasteiger partial charge on any atom is -0.486 e. The van der Waals surface area contributed by atoms with Crippen molar-refractivity contribution in [3.05, 3.63) is 29.1 Å². The van der Waals surface area contributed by atoms with E-state index in [4.69, 9.17) is 20.9 Å². The largest absolute Gasteiger partial charge is 0.486 e. The van der Waals surface area contributed by atoms with Crippen LogP contribution in [-0.4, -0.2) is 19.1 Å². The molecule has 0 saturated heterocycles. The smallest absolute Gasteiger partial charge is 0.252 e. The second kappa shape index (κ2) is 4.47. The van der Waals surface area contributed by atoms with E-state index in [0.717, 1.165) is 11.1 Å². The van der Waals surface area contributed by atoms with Gasteiger partial charge in [-0.3, -0.25) is 4.79 Å². The van der Waals surface area contributed by atoms with Crippen LogP contribution in [0.5, 0.6) is 11.5 Å². The Labute approximate surface area is 113 Å². The Kier molecular flexibility index (Phi) is 2.79. The number of hydrogen-bond acceptors (Lipinski definition) is 5. The van der Waals surface area contributed by atoms with Gasteiger partial charge in [-0.25, -0.2) is 0 Å². The van der Waals surface area contributed by atoms with Gasteiger partial charge < -0.3 is 20.9 Å². The van der Waals surface area contributed by atoms with E-state index in [-0.39, 0.29) is 0 Å². The first kappa shape index (κ1) is 11.9. The van der Waals surface area contributed by atoms with Gasteiger partial charge in [0.25, 0.3) is 5.91 Å². The number of carbonyl (C=O) groups excluding carboxylic acids is 1. The quantitative estimate of drug-likeness (QED) is 0.876. The molecule has 1 aliphatic heterocycles. The number of primary amides is 1. The molecule has 5 nitrogen and oxygen atoms in total. The Morgan fingerprint density at radius 3 is 2.68 bits per heavy atom. The average Bonchev–Trinajstić information content (AvgIpc) is 2.80. The van der Waals surface area contributed by atoms with Crippen molar-refractivity contribution >= 4 is 22.2 Å². The Balaban J connectivity index is 2.10. The first-order valence-electron chi connectivity index (χ1n) is 5.73. The van der Waals surface area contributed by atoms with E-state index in [0.29, 0.717) is 35.3 Å². The monoisotopic (exact) mass is 276 g/mol. The molecular weight excluding hydrogens is 264 g/mol. The number of nitrogens with two attached hydrogens (primary N) is 2. The van der Waals surface area contributed by atoms with E-state index in [1.54, 1.807) is 0 Å². The zero-order valence-electron chi connectivity index (χ0n) is 10.0. The zero-order chi connectivity index (χ0) is 13.4. The molecule has 1 aliphatic rings. The van der Waals surface area contributed by atoms with Crippen LogP contribution in [0.2, 0.25) is 0 Å². The van der Waals surface area contributed by atoms with E-state index in [9.17, 15) is 4.79 Å². The lowest BCUT2D eigenvalue weighted by molar-refractivity contribution is 0.100. The number of fused-ring (bicyclic) bond motifs is 1. The molecule has 6 heteroatoms. The standard InChI is InChI=1S/C13H12N2O3S/c14-12(16)11-8(6-19-13(11)15)7-1-2-9-10(5-7)18-4-3-17-9/h1-2,5-6H,3-4,15H2,(H2,14,16). The molecule has 2 heterocycles. The number of benzene rings is 1. The van der Waals surface area contributed by atoms with E-state index < -0.39 is 5.91 Å². The molecule has 0 aliphatic carbocycles. The van der Waals surface area contributed by atoms with E-state index in [1.165, 1.54) is 11.3 Å². The molecule has 3 rings (SSSR count). The molecule has 98 valence electrons. The summed E-state index contributed by atoms with van der Waals surface area (Å²) in [6, 6.07) is 5.52. The van der Waals surface area contributed by atoms with Crippen molar-refractivity contribution in [2.45, 2.75) is 0 Å². The number of rotatable bonds is 2. The molecule has 0 bridgehead atoms. The van der Waals surface area contributed by atoms with Gasteiger partial charge in [-0.15, -0.1) is 11.3 Å². The summed E-state index contributed by atoms with van der Waals surface area (Å²) in [5, 5.41) is 2.25. The number of hydrogen-bond donors (Lipinski definition) is 2. The Hall–Kier alpha value is -2.21. The highest BCUT2D eigenvalue weighted by atomic mass is 32.1. The van der Waals surface area contributed by atoms with Gasteiger partial charge in [0.1, 0.15) is 13.2 Å². The van der Waals surface area contributed by atoms with Crippen molar-refractivity contribution in [3.8, 4) is 22.6 Å². The number of carbonyl (C=O) groups is 1. The van der Waals surface area contributed by atoms with Crippen LogP contribution in [0.25, 0.3) is 11.1 Å². The number of anilines is 1. The van der Waals surface area contributed by atoms with Crippen LogP contribution in [0, 0.1) is 0 Å². The molecular formula is C13H12N2O3S. The van der Waals surface area contributed by atoms with Gasteiger partial charge in [-0.1, -0.05) is 6.07 Å². The third-order valence-corrected chi connectivity index (χ3v) is 3.73. The predicted molar refractivity (Wildman–Crippen MR) is 73.7 cm³/mol. The SMILES string of the molecule is NC(=O)c1c(-c2ccc3c(c2)OCCO3)csc1N. The summed E-state index contributed by atoms with van der Waals surface area (Å²) in [7, 11) is 0. The van der Waals surface area contributed by atoms with Crippen LogP contribution in [0.15, 0.2) is 23.6 Å². The molecule has 0 atom stereocenters. The van der Waals surface area contributed by atoms with Gasteiger partial charge in [-0.2, -0.15) is 0 Å². The van der Waals surface area contributed by atoms with Gasteiger partial charge in [0.05, 0.1) is 10.6 Å². The van der Waals surface area contributed by atoms with Gasteiger partial charge in [-0.05, 0) is 17.7 Å². The number of nitrogen functional groups attached to an aromatic ring is 1. The summed E-state index contributed by atoms with van der Waals surface area (Å²) < 4.78 is 11.0. The Morgan fingerprint density at radius 2 is 1.95 bits per heavy atom. The van der Waals surface area contributed by atoms with E-state index in [2.05, 4.69) is 0 Å². The fourth-order valence-electron chi connectivity index (χ4n) is 2.05. The number of thiophene rings is 1. The van der Waals surface area contributed by atoms with Gasteiger partial charge in [0.2, 0.25) is 0 Å². The van der Waals surface area contributed by atoms with Gasteiger partial charge >= 0.3 is 0 Å². The second-order valence-corrected chi connectivity index (χ2v) is 5.02. The lowest BCUT2D eigenvalue weighted by Gasteiger charge is -2.18. The van der Waals surface area contributed by atoms with Crippen molar-refractivity contribution in [1.82, 2.24) is 0 Å². The van der Waals surface area contributed by atoms with Crippen LogP contribution in [0.3, 0.4) is 0 Å². The minimum absolute atomic E-state index is 0.363. The molecule has 0 fully saturated rings. The maximum Gasteiger partial charge on any atom is 0.252 e. The van der Waals surface area contributed by atoms with Crippen LogP contribution in [0.4, 0.5) is 5.00 Å². The zero-order valence-corrected chi connectivity index (χ0v) is 10.8. The fraction of sp³-hybridized carbons (Fsp3) is 0.154. The highest BCUT2D eigenvalue weighted by Gasteiger charge is 2.18. The fourth-order valence-corrected chi connectivity index (χ4v) is 2.88. The lowest BCUT2D eigenvalue weighted by Crippen LogP contribution is -2.15. The van der Waals surface area contributed by atoms with Crippen LogP contribution in [-0.2, 0) is 0 Å². The molecule has 1 amide bonds. The van der Waals surface area contributed by atoms with Crippen LogP contribution < -0.4 is 20.9 Å². The summed E-state index contributed by atoms with van der Waals surface area (Å²) in [5.41, 5.74) is 13.1. The van der Waals surface area contributed by atoms with E-state index in [1.807, 2.05) is 23.6 Å². The van der Waals surface area contributed by atoms with Crippen molar-refractivity contribution in [2.75, 3.05) is 18.9 Å². The third-order valence-electron chi connectivity index (χ3n) is 2.92. The molecule has 1 aromatic carbocycles. The summed E-state index contributed by atoms with van der Waals surface area (Å²) in [4.78, 5) is 11.5. The highest BCUT2D eigenvalue weighted by Crippen LogP contribution is 2.38. The lowest BCUT2D eigenvalue weighted by atomic mass is 10.0. The van der Waals surface area contributed by atoms with Crippen molar-refractivity contribution in [2.24, 2.45) is 5.73 Å². The topological polar surface area (TPSA) is 87.6 Å². The van der Waals surface area contributed by atoms with E-state index >= 15 is 0 Å². The first-order valence-corrected chi connectivity index (χ1v) is 6.61. The molecule has 2 aromatic rings. The normalized spacial score (nSPS) is 13.3. The molecule has 0 radical (unpaired) electrons. The molecule has 0 saturated carbocycles. The third kappa shape index (κ3) is 2.00. The molecule has 1 aromatic heterocycles. The summed E-state index contributed by atoms with van der Waals surface area (Å²) in [6.45, 7) is 1.06. The molecule has 19 heavy (non-hydrogen) atoms. The average molecular weight is 276 g/mol. The van der Waals surface area contributed by atoms with Crippen molar-refractivity contribution < 1.29 is 14.3 Å². The highest BCUT2D eigenvalue weighted by molar-refractivity contribution is 7.15. The number of amides is 1. The van der Waals surface area contributed by atoms with Crippen molar-refractivity contribution in [1.29, 1.82) is 0 Å². The maximum absolute atomic E-state index is 11.5. The molecule has 0 spiro atoms. The Bertz CT molecular complexity index is 651. The minimum atomic E-state index is -0.524. The van der Waals surface area contributed by atoms with Crippen LogP contribution >= 0.6 is 11.3 Å². The number of ether oxygens (including phenoxy) is 2. The Morgan fingerprint density at radius 1 is 1.21 bits per heavy atom. The second-order valence-electron chi connectivity index (χ2n) is 4.11. The van der Waals surface area contributed by atoms with Crippen molar-refractivity contribution in [3.63, 3.8) is 0 Å². The van der Waals surface area contributed by atoms with Gasteiger partial charge in [0, 0.05) is 10.9 Å². The maximum atomic E-state index is 11.5. The summed E-state index contributed by atoms with van der Waals surface area (Å²) in [5.74, 6) is 0.853. The summed E-state index contributed by atoms with van der Waals surface area (Å²) >= 11 is 1.30. The predicted octanol–water partition coefficient (Wildman–Crippen LogP) is 1.87. The molecule has 0 unspecified atom stereocenters.